The van der Waals surface area contributed by atoms with Gasteiger partial charge in [0.1, 0.15) is 18.0 Å². The van der Waals surface area contributed by atoms with Crippen LogP contribution in [0, 0.1) is 17.8 Å². The Hall–Kier alpha value is -1.43. The Morgan fingerprint density at radius 2 is 1.27 bits per heavy atom. The topological polar surface area (TPSA) is 89.9 Å². The number of aliphatic hydroxyl groups excluding tert-OH is 1. The molecular weight excluding hydrogens is 288 g/mol. The first-order chi connectivity index (χ1) is 9.98. The van der Waals surface area contributed by atoms with E-state index in [1.807, 2.05) is 27.7 Å². The number of carbonyl (C=O) groups excluding carboxylic acids is 3. The summed E-state index contributed by atoms with van der Waals surface area (Å²) >= 11 is 0. The predicted molar refractivity (Wildman–Crippen MR) is 81.0 cm³/mol. The molecule has 0 aromatic heterocycles. The van der Waals surface area contributed by atoms with Crippen LogP contribution in [0.3, 0.4) is 0 Å². The highest BCUT2D eigenvalue weighted by Crippen LogP contribution is 2.20. The second-order valence-corrected chi connectivity index (χ2v) is 6.00. The third-order valence-corrected chi connectivity index (χ3v) is 4.12. The van der Waals surface area contributed by atoms with Crippen LogP contribution in [0.4, 0.5) is 0 Å². The molecule has 2 heterocycles. The molecule has 2 aliphatic rings. The number of rotatable bonds is 2. The summed E-state index contributed by atoms with van der Waals surface area (Å²) in [5.41, 5.74) is 0. The number of esters is 2. The normalized spacial score (nSPS) is 31.5. The van der Waals surface area contributed by atoms with E-state index in [0.29, 0.717) is 0 Å². The molecule has 6 unspecified atom stereocenters. The molecule has 0 aromatic rings. The summed E-state index contributed by atoms with van der Waals surface area (Å²) in [6.07, 6.45) is -0.188. The SMILES string of the molecule is CC(=O)C(C)C(C)O.CC1OC(=O)C1C.CC1OC(=O)C1C. The van der Waals surface area contributed by atoms with Gasteiger partial charge in [-0.2, -0.15) is 0 Å². The molecule has 0 saturated carbocycles. The standard InChI is InChI=1S/C6H12O2.2C5H8O2/c1-4(5(2)7)6(3)8;2*1-3-4(2)7-5(3)6/h4-5,7H,1-3H3;2*3-4H,1-2H3. The number of ketones is 1. The van der Waals surface area contributed by atoms with Crippen LogP contribution in [0.1, 0.15) is 48.5 Å². The molecule has 2 saturated heterocycles. The van der Waals surface area contributed by atoms with Gasteiger partial charge in [0.2, 0.25) is 0 Å². The van der Waals surface area contributed by atoms with Crippen LogP contribution < -0.4 is 0 Å². The van der Waals surface area contributed by atoms with Crippen LogP contribution in [0.2, 0.25) is 0 Å². The molecule has 0 radical (unpaired) electrons. The molecule has 1 N–H and O–H groups in total. The quantitative estimate of drug-likeness (QED) is 0.780. The van der Waals surface area contributed by atoms with E-state index in [2.05, 4.69) is 9.47 Å². The lowest BCUT2D eigenvalue weighted by atomic mass is 10.0. The summed E-state index contributed by atoms with van der Waals surface area (Å²) in [4.78, 5) is 30.9. The van der Waals surface area contributed by atoms with Crippen molar-refractivity contribution in [2.75, 3.05) is 0 Å². The lowest BCUT2D eigenvalue weighted by molar-refractivity contribution is -0.180. The van der Waals surface area contributed by atoms with E-state index < -0.39 is 6.10 Å². The Labute approximate surface area is 132 Å². The van der Waals surface area contributed by atoms with Gasteiger partial charge in [-0.05, 0) is 41.5 Å². The molecule has 22 heavy (non-hydrogen) atoms. The summed E-state index contributed by atoms with van der Waals surface area (Å²) < 4.78 is 9.22. The van der Waals surface area contributed by atoms with Gasteiger partial charge in [-0.15, -0.1) is 0 Å². The van der Waals surface area contributed by atoms with Crippen LogP contribution in [0.5, 0.6) is 0 Å². The first kappa shape index (κ1) is 20.6. The van der Waals surface area contributed by atoms with Gasteiger partial charge in [-0.3, -0.25) is 14.4 Å². The monoisotopic (exact) mass is 316 g/mol. The van der Waals surface area contributed by atoms with Crippen molar-refractivity contribution >= 4 is 17.7 Å². The molecule has 6 heteroatoms. The largest absolute Gasteiger partial charge is 0.461 e. The summed E-state index contributed by atoms with van der Waals surface area (Å²) in [6.45, 7) is 12.3. The maximum Gasteiger partial charge on any atom is 0.312 e. The second-order valence-electron chi connectivity index (χ2n) is 6.00. The van der Waals surface area contributed by atoms with E-state index in [0.717, 1.165) is 0 Å². The van der Waals surface area contributed by atoms with Gasteiger partial charge in [-0.1, -0.05) is 6.92 Å². The third kappa shape index (κ3) is 6.13. The molecule has 6 nitrogen and oxygen atoms in total. The van der Waals surface area contributed by atoms with Crippen molar-refractivity contribution in [2.45, 2.75) is 66.8 Å². The molecule has 2 rings (SSSR count). The molecule has 2 fully saturated rings. The minimum absolute atomic E-state index is 0.0417. The molecule has 6 atom stereocenters. The number of hydrogen-bond acceptors (Lipinski definition) is 6. The van der Waals surface area contributed by atoms with Crippen molar-refractivity contribution < 1.29 is 29.0 Å². The molecule has 128 valence electrons. The fourth-order valence-electron chi connectivity index (χ4n) is 1.36. The van der Waals surface area contributed by atoms with E-state index in [1.165, 1.54) is 6.92 Å². The van der Waals surface area contributed by atoms with Gasteiger partial charge in [0.15, 0.2) is 0 Å². The minimum atomic E-state index is -0.507. The number of aliphatic hydroxyl groups is 1. The van der Waals surface area contributed by atoms with Crippen molar-refractivity contribution in [3.05, 3.63) is 0 Å². The fraction of sp³-hybridized carbons (Fsp3) is 0.812. The average molecular weight is 316 g/mol. The Morgan fingerprint density at radius 1 is 0.955 bits per heavy atom. The molecule has 0 aliphatic carbocycles. The zero-order chi connectivity index (χ0) is 17.6. The van der Waals surface area contributed by atoms with E-state index in [4.69, 9.17) is 5.11 Å². The van der Waals surface area contributed by atoms with Crippen LogP contribution in [0.15, 0.2) is 0 Å². The molecule has 0 aromatic carbocycles. The first-order valence-corrected chi connectivity index (χ1v) is 7.58. The van der Waals surface area contributed by atoms with Crippen molar-refractivity contribution in [2.24, 2.45) is 17.8 Å². The average Bonchev–Trinajstić information content (AvgIpc) is 2.47. The third-order valence-electron chi connectivity index (χ3n) is 4.12. The molecule has 0 bridgehead atoms. The van der Waals surface area contributed by atoms with Crippen molar-refractivity contribution in [1.82, 2.24) is 0 Å². The lowest BCUT2D eigenvalue weighted by Gasteiger charge is -2.28. The van der Waals surface area contributed by atoms with Crippen LogP contribution >= 0.6 is 0 Å². The number of Topliss-reactive ketones (excluding diaryl/α,β-unsaturated/α-hetero) is 1. The van der Waals surface area contributed by atoms with Gasteiger partial charge in [0, 0.05) is 5.92 Å². The van der Waals surface area contributed by atoms with Gasteiger partial charge in [-0.25, -0.2) is 0 Å². The van der Waals surface area contributed by atoms with E-state index >= 15 is 0 Å². The lowest BCUT2D eigenvalue weighted by Crippen LogP contribution is -2.40. The maximum absolute atomic E-state index is 10.4. The number of hydrogen-bond donors (Lipinski definition) is 1. The maximum atomic E-state index is 10.4. The smallest absolute Gasteiger partial charge is 0.312 e. The van der Waals surface area contributed by atoms with Gasteiger partial charge in [0.25, 0.3) is 0 Å². The molecule has 2 aliphatic heterocycles. The highest BCUT2D eigenvalue weighted by atomic mass is 16.6. The van der Waals surface area contributed by atoms with Crippen LogP contribution in [0.25, 0.3) is 0 Å². The summed E-state index contributed by atoms with van der Waals surface area (Å²) in [5, 5.41) is 8.77. The summed E-state index contributed by atoms with van der Waals surface area (Å²) in [7, 11) is 0. The summed E-state index contributed by atoms with van der Waals surface area (Å²) in [6, 6.07) is 0. The predicted octanol–water partition coefficient (Wildman–Crippen LogP) is 1.73. The van der Waals surface area contributed by atoms with Crippen molar-refractivity contribution in [3.63, 3.8) is 0 Å². The molecule has 0 amide bonds. The molecule has 0 spiro atoms. The zero-order valence-corrected chi connectivity index (χ0v) is 14.5. The second kappa shape index (κ2) is 8.88. The van der Waals surface area contributed by atoms with Gasteiger partial charge in [0.05, 0.1) is 17.9 Å². The van der Waals surface area contributed by atoms with E-state index in [-0.39, 0.29) is 47.7 Å². The molecular formula is C16H28O6. The first-order valence-electron chi connectivity index (χ1n) is 7.58. The van der Waals surface area contributed by atoms with Crippen molar-refractivity contribution in [3.8, 4) is 0 Å². The van der Waals surface area contributed by atoms with E-state index in [9.17, 15) is 14.4 Å². The Balaban J connectivity index is 0.000000301. The zero-order valence-electron chi connectivity index (χ0n) is 14.5. The summed E-state index contributed by atoms with van der Waals surface area (Å²) in [5.74, 6) is -0.0185. The van der Waals surface area contributed by atoms with Crippen molar-refractivity contribution in [1.29, 1.82) is 0 Å². The Kier molecular flexibility index (Phi) is 8.30. The number of cyclic esters (lactones) is 2. The Bertz CT molecular complexity index is 377. The van der Waals surface area contributed by atoms with Crippen LogP contribution in [-0.2, 0) is 23.9 Å². The van der Waals surface area contributed by atoms with Gasteiger partial charge < -0.3 is 14.6 Å². The number of carbonyl (C=O) groups is 3. The van der Waals surface area contributed by atoms with Crippen LogP contribution in [-0.4, -0.2) is 41.1 Å². The van der Waals surface area contributed by atoms with Gasteiger partial charge >= 0.3 is 11.9 Å². The highest BCUT2D eigenvalue weighted by Gasteiger charge is 2.34. The Morgan fingerprint density at radius 3 is 1.27 bits per heavy atom. The minimum Gasteiger partial charge on any atom is -0.461 e. The van der Waals surface area contributed by atoms with E-state index in [1.54, 1.807) is 13.8 Å². The highest BCUT2D eigenvalue weighted by molar-refractivity contribution is 5.78. The number of ether oxygens (including phenoxy) is 2. The fourth-order valence-corrected chi connectivity index (χ4v) is 1.36.